The molecule has 0 amide bonds. The first kappa shape index (κ1) is 17.6. The summed E-state index contributed by atoms with van der Waals surface area (Å²) in [6.45, 7) is 1.11. The van der Waals surface area contributed by atoms with Gasteiger partial charge in [-0.2, -0.15) is 16.8 Å². The van der Waals surface area contributed by atoms with Crippen molar-refractivity contribution in [3.05, 3.63) is 0 Å². The van der Waals surface area contributed by atoms with Crippen molar-refractivity contribution in [2.45, 2.75) is 0 Å². The molecule has 13 heteroatoms. The van der Waals surface area contributed by atoms with Crippen LogP contribution in [0.25, 0.3) is 0 Å². The number of aliphatic hydroxyl groups is 1. The first-order chi connectivity index (χ1) is 7.97. The molecule has 0 unspecified atom stereocenters. The van der Waals surface area contributed by atoms with E-state index in [0.29, 0.717) is 0 Å². The van der Waals surface area contributed by atoms with Gasteiger partial charge in [-0.1, -0.05) is 3.63 Å². The van der Waals surface area contributed by atoms with E-state index in [9.17, 15) is 16.8 Å². The average molecular weight is 312 g/mol. The maximum absolute atomic E-state index is 10.2. The number of hydrogen-bond acceptors (Lipinski definition) is 10. The standard InChI is InChI=1S/C5H14NO.O9S2/c1-6(2,3)4-5-7;1-10(2)7-5-6-8-11(3,4)9-10/h7H,4-5H2,1-3H3;/q+1;. The maximum Gasteiger partial charge on any atom is 0.445 e. The molecule has 0 aromatic rings. The number of quaternary nitrogens is 1. The molecule has 1 rings (SSSR count). The van der Waals surface area contributed by atoms with Crippen molar-refractivity contribution < 1.29 is 48.8 Å². The average Bonchev–Trinajstić information content (AvgIpc) is 2.21. The zero-order valence-electron chi connectivity index (χ0n) is 9.80. The van der Waals surface area contributed by atoms with Gasteiger partial charge in [0.15, 0.2) is 0 Å². The minimum atomic E-state index is -4.79. The van der Waals surface area contributed by atoms with Gasteiger partial charge >= 0.3 is 20.8 Å². The van der Waals surface area contributed by atoms with Gasteiger partial charge < -0.3 is 9.59 Å². The van der Waals surface area contributed by atoms with Crippen molar-refractivity contribution in [2.75, 3.05) is 34.3 Å². The molecular weight excluding hydrogens is 298 g/mol. The fourth-order valence-electron chi connectivity index (χ4n) is 0.515. The third-order valence-corrected chi connectivity index (χ3v) is 2.97. The third kappa shape index (κ3) is 9.63. The molecular formula is C5H14NO10S2+. The molecule has 110 valence electrons. The van der Waals surface area contributed by atoms with Gasteiger partial charge in [-0.15, -0.1) is 0 Å². The smallest absolute Gasteiger partial charge is 0.391 e. The lowest BCUT2D eigenvalue weighted by Gasteiger charge is -2.21. The van der Waals surface area contributed by atoms with Crippen LogP contribution in [-0.4, -0.2) is 60.7 Å². The fraction of sp³-hybridized carbons (Fsp3) is 1.00. The van der Waals surface area contributed by atoms with Gasteiger partial charge in [0.2, 0.25) is 0 Å². The summed E-state index contributed by atoms with van der Waals surface area (Å²) >= 11 is 0. The highest BCUT2D eigenvalue weighted by Crippen LogP contribution is 2.10. The van der Waals surface area contributed by atoms with Crippen LogP contribution in [0.5, 0.6) is 0 Å². The Kier molecular flexibility index (Phi) is 6.55. The van der Waals surface area contributed by atoms with Gasteiger partial charge in [0.1, 0.15) is 6.54 Å². The summed E-state index contributed by atoms with van der Waals surface area (Å²) in [4.78, 5) is 0. The van der Waals surface area contributed by atoms with Gasteiger partial charge in [0, 0.05) is 0 Å². The van der Waals surface area contributed by atoms with Crippen molar-refractivity contribution in [3.63, 3.8) is 0 Å². The fourth-order valence-corrected chi connectivity index (χ4v) is 1.69. The highest BCUT2D eigenvalue weighted by Gasteiger charge is 2.31. The van der Waals surface area contributed by atoms with Crippen LogP contribution < -0.4 is 0 Å². The van der Waals surface area contributed by atoms with E-state index in [1.54, 1.807) is 0 Å². The molecule has 0 aliphatic carbocycles. The lowest BCUT2D eigenvalue weighted by atomic mass is 10.5. The molecule has 0 aromatic carbocycles. The van der Waals surface area contributed by atoms with Gasteiger partial charge in [0.05, 0.1) is 27.7 Å². The highest BCUT2D eigenvalue weighted by molar-refractivity contribution is 7.95. The summed E-state index contributed by atoms with van der Waals surface area (Å²) in [5.74, 6) is 0. The number of likely N-dealkylation sites (N-methyl/N-ethyl adjacent to an activating group) is 1. The lowest BCUT2D eigenvalue weighted by molar-refractivity contribution is -0.870. The third-order valence-electron chi connectivity index (χ3n) is 1.19. The van der Waals surface area contributed by atoms with E-state index in [1.165, 1.54) is 0 Å². The van der Waals surface area contributed by atoms with Crippen LogP contribution in [0.1, 0.15) is 0 Å². The molecule has 1 saturated heterocycles. The van der Waals surface area contributed by atoms with Crippen LogP contribution in [0.4, 0.5) is 0 Å². The van der Waals surface area contributed by atoms with Crippen LogP contribution in [0, 0.1) is 0 Å². The summed E-state index contributed by atoms with van der Waals surface area (Å²) in [6, 6.07) is 0. The monoisotopic (exact) mass is 312 g/mol. The lowest BCUT2D eigenvalue weighted by Crippen LogP contribution is -2.36. The Balaban J connectivity index is 0.000000360. The number of rotatable bonds is 2. The van der Waals surface area contributed by atoms with E-state index >= 15 is 0 Å². The zero-order chi connectivity index (χ0) is 14.4. The molecule has 1 fully saturated rings. The SMILES string of the molecule is C[N+](C)(C)CCO.O=S1(=O)OOOOS(=O)(=O)O1. The predicted molar refractivity (Wildman–Crippen MR) is 53.2 cm³/mol. The number of aliphatic hydroxyl groups excluding tert-OH is 1. The maximum atomic E-state index is 10.2. The molecule has 18 heavy (non-hydrogen) atoms. The van der Waals surface area contributed by atoms with E-state index in [1.807, 2.05) is 0 Å². The predicted octanol–water partition coefficient (Wildman–Crippen LogP) is -2.00. The second kappa shape index (κ2) is 6.69. The summed E-state index contributed by atoms with van der Waals surface area (Å²) in [7, 11) is -3.42. The Hall–Kier alpha value is -0.380. The Morgan fingerprint density at radius 3 is 1.56 bits per heavy atom. The molecule has 11 nitrogen and oxygen atoms in total. The molecule has 1 N–H and O–H groups in total. The van der Waals surface area contributed by atoms with Crippen molar-refractivity contribution in [2.24, 2.45) is 0 Å². The normalized spacial score (nSPS) is 22.4. The number of hydrogen-bond donors (Lipinski definition) is 1. The highest BCUT2D eigenvalue weighted by atomic mass is 32.3. The molecule has 0 aromatic heterocycles. The molecule has 0 saturated carbocycles. The summed E-state index contributed by atoms with van der Waals surface area (Å²) in [5.41, 5.74) is 0. The molecule has 0 atom stereocenters. The molecule has 0 bridgehead atoms. The van der Waals surface area contributed by atoms with Crippen LogP contribution >= 0.6 is 0 Å². The van der Waals surface area contributed by atoms with Crippen LogP contribution in [0.3, 0.4) is 0 Å². The Morgan fingerprint density at radius 1 is 0.944 bits per heavy atom. The first-order valence-corrected chi connectivity index (χ1v) is 6.97. The molecule has 0 spiro atoms. The van der Waals surface area contributed by atoms with Gasteiger partial charge in [0.25, 0.3) is 0 Å². The van der Waals surface area contributed by atoms with Gasteiger partial charge in [-0.25, -0.2) is 0 Å². The first-order valence-electron chi connectivity index (χ1n) is 4.31. The Labute approximate surface area is 104 Å². The minimum absolute atomic E-state index is 0.281. The van der Waals surface area contributed by atoms with E-state index in [-0.39, 0.29) is 6.61 Å². The summed E-state index contributed by atoms with van der Waals surface area (Å²) in [5, 5.41) is 14.8. The number of nitrogens with zero attached hydrogens (tertiary/aromatic N) is 1. The Morgan fingerprint density at radius 2 is 1.33 bits per heavy atom. The second-order valence-corrected chi connectivity index (χ2v) is 6.34. The van der Waals surface area contributed by atoms with Crippen molar-refractivity contribution in [1.29, 1.82) is 0 Å². The largest absolute Gasteiger partial charge is 0.445 e. The second-order valence-electron chi connectivity index (χ2n) is 3.89. The van der Waals surface area contributed by atoms with Crippen molar-refractivity contribution in [1.82, 2.24) is 0 Å². The van der Waals surface area contributed by atoms with E-state index in [2.05, 4.69) is 43.5 Å². The topological polar surface area (TPSA) is 135 Å². The molecule has 1 heterocycles. The minimum Gasteiger partial charge on any atom is -0.391 e. The van der Waals surface area contributed by atoms with E-state index in [0.717, 1.165) is 11.0 Å². The van der Waals surface area contributed by atoms with E-state index in [4.69, 9.17) is 5.11 Å². The quantitative estimate of drug-likeness (QED) is 0.450. The van der Waals surface area contributed by atoms with Crippen molar-refractivity contribution >= 4 is 20.8 Å². The molecule has 1 aliphatic rings. The molecule has 1 aliphatic heterocycles. The summed E-state index contributed by atoms with van der Waals surface area (Å²) in [6.07, 6.45) is 0. The van der Waals surface area contributed by atoms with Crippen LogP contribution in [0.2, 0.25) is 0 Å². The zero-order valence-corrected chi connectivity index (χ0v) is 11.4. The van der Waals surface area contributed by atoms with Gasteiger partial charge in [-0.05, 0) is 18.7 Å². The van der Waals surface area contributed by atoms with Crippen LogP contribution in [0.15, 0.2) is 0 Å². The molecule has 0 radical (unpaired) electrons. The summed E-state index contributed by atoms with van der Waals surface area (Å²) < 4.78 is 51.3. The Bertz CT molecular complexity index is 399. The van der Waals surface area contributed by atoms with Crippen LogP contribution in [-0.2, 0) is 43.2 Å². The van der Waals surface area contributed by atoms with Gasteiger partial charge in [-0.3, -0.25) is 0 Å². The van der Waals surface area contributed by atoms with E-state index < -0.39 is 20.8 Å². The van der Waals surface area contributed by atoms with Crippen molar-refractivity contribution in [3.8, 4) is 0 Å².